The smallest absolute Gasteiger partial charge is 0.263 e. The second kappa shape index (κ2) is 10.5. The molecule has 0 spiro atoms. The van der Waals surface area contributed by atoms with Crippen LogP contribution in [0.5, 0.6) is 5.75 Å². The highest BCUT2D eigenvalue weighted by Gasteiger charge is 2.32. The van der Waals surface area contributed by atoms with Gasteiger partial charge in [-0.1, -0.05) is 77.5 Å². The molecule has 38 heavy (non-hydrogen) atoms. The molecule has 1 aromatic heterocycles. The van der Waals surface area contributed by atoms with Crippen LogP contribution in [-0.4, -0.2) is 19.5 Å². The molecule has 0 aliphatic heterocycles. The number of nitrogens with zero attached hydrogens (tertiary/aromatic N) is 1. The van der Waals surface area contributed by atoms with Gasteiger partial charge in [-0.3, -0.25) is 4.72 Å². The van der Waals surface area contributed by atoms with Crippen LogP contribution in [-0.2, 0) is 10.0 Å². The Kier molecular flexibility index (Phi) is 7.42. The van der Waals surface area contributed by atoms with Crippen LogP contribution in [0.3, 0.4) is 0 Å². The summed E-state index contributed by atoms with van der Waals surface area (Å²) in [7, 11) is -3.82. The van der Waals surface area contributed by atoms with Crippen LogP contribution in [0.15, 0.2) is 76.1 Å². The molecular weight excluding hydrogens is 580 g/mol. The predicted molar refractivity (Wildman–Crippen MR) is 159 cm³/mol. The van der Waals surface area contributed by atoms with Gasteiger partial charge in [0.1, 0.15) is 5.75 Å². The maximum Gasteiger partial charge on any atom is 0.263 e. The number of hydrogen-bond donors (Lipinski definition) is 1. The number of aromatic nitrogens is 1. The number of aryl methyl sites for hydroxylation is 2. The number of benzene rings is 3. The van der Waals surface area contributed by atoms with Crippen molar-refractivity contribution in [2.24, 2.45) is 5.41 Å². The van der Waals surface area contributed by atoms with Crippen LogP contribution in [0.25, 0.3) is 21.7 Å². The minimum Gasteiger partial charge on any atom is -0.490 e. The van der Waals surface area contributed by atoms with E-state index in [-0.39, 0.29) is 11.0 Å². The van der Waals surface area contributed by atoms with Crippen molar-refractivity contribution in [3.63, 3.8) is 0 Å². The normalized spacial score (nSPS) is 16.9. The van der Waals surface area contributed by atoms with E-state index in [1.54, 1.807) is 24.3 Å². The topological polar surface area (TPSA) is 68.3 Å². The summed E-state index contributed by atoms with van der Waals surface area (Å²) >= 11 is 4.69. The van der Waals surface area contributed by atoms with E-state index in [4.69, 9.17) is 9.72 Å². The molecule has 1 aliphatic rings. The van der Waals surface area contributed by atoms with Gasteiger partial charge in [0.2, 0.25) is 0 Å². The summed E-state index contributed by atoms with van der Waals surface area (Å²) in [5.74, 6) is 0.822. The minimum atomic E-state index is -3.82. The second-order valence-electron chi connectivity index (χ2n) is 10.7. The Hall–Kier alpha value is -2.68. The van der Waals surface area contributed by atoms with Crippen LogP contribution >= 0.6 is 27.3 Å². The zero-order valence-electron chi connectivity index (χ0n) is 21.9. The molecule has 1 unspecified atom stereocenters. The average Bonchev–Trinajstić information content (AvgIpc) is 3.41. The minimum absolute atomic E-state index is 0.173. The number of ether oxygens (including phenoxy) is 1. The third kappa shape index (κ3) is 5.82. The molecule has 1 fully saturated rings. The fourth-order valence-electron chi connectivity index (χ4n) is 5.10. The molecule has 8 heteroatoms. The zero-order chi connectivity index (χ0) is 27.1. The lowest BCUT2D eigenvalue weighted by molar-refractivity contribution is 0.193. The van der Waals surface area contributed by atoms with E-state index < -0.39 is 10.0 Å². The van der Waals surface area contributed by atoms with E-state index in [0.29, 0.717) is 15.0 Å². The highest BCUT2D eigenvalue weighted by Crippen LogP contribution is 2.44. The van der Waals surface area contributed by atoms with Crippen LogP contribution in [0, 0.1) is 19.3 Å². The van der Waals surface area contributed by atoms with Gasteiger partial charge in [-0.2, -0.15) is 0 Å². The summed E-state index contributed by atoms with van der Waals surface area (Å²) in [6.45, 7) is 8.69. The standard InChI is InChI=1S/C30H31BrN2O3S2/c1-19-8-5-9-20(2)26(19)27-28(21-10-6-12-23(16-21)36-24-14-15-30(3,4)18-24)37-29(32-27)33-38(34,35)25-13-7-11-22(31)17-25/h5-13,16-17,24H,14-15,18H2,1-4H3,(H,32,33). The summed E-state index contributed by atoms with van der Waals surface area (Å²) < 4.78 is 36.2. The Morgan fingerprint density at radius 1 is 1.03 bits per heavy atom. The zero-order valence-corrected chi connectivity index (χ0v) is 25.1. The van der Waals surface area contributed by atoms with Gasteiger partial charge in [-0.05, 0) is 85.5 Å². The van der Waals surface area contributed by atoms with Gasteiger partial charge in [0, 0.05) is 10.0 Å². The SMILES string of the molecule is Cc1cccc(C)c1-c1nc(NS(=O)(=O)c2cccc(Br)c2)sc1-c1cccc(OC2CCC(C)(C)C2)c1. The van der Waals surface area contributed by atoms with Crippen molar-refractivity contribution < 1.29 is 13.2 Å². The Morgan fingerprint density at radius 3 is 2.42 bits per heavy atom. The number of anilines is 1. The van der Waals surface area contributed by atoms with Gasteiger partial charge in [0.05, 0.1) is 21.6 Å². The maximum atomic E-state index is 13.2. The third-order valence-corrected chi connectivity index (χ3v) is 9.97. The Morgan fingerprint density at radius 2 is 1.74 bits per heavy atom. The van der Waals surface area contributed by atoms with Crippen molar-refractivity contribution >= 4 is 42.4 Å². The summed E-state index contributed by atoms with van der Waals surface area (Å²) in [6, 6.07) is 20.8. The molecule has 1 aliphatic carbocycles. The summed E-state index contributed by atoms with van der Waals surface area (Å²) in [6.07, 6.45) is 3.44. The van der Waals surface area contributed by atoms with Crippen molar-refractivity contribution in [3.05, 3.63) is 82.3 Å². The van der Waals surface area contributed by atoms with Crippen LogP contribution in [0.4, 0.5) is 5.13 Å². The van der Waals surface area contributed by atoms with E-state index in [1.807, 2.05) is 30.3 Å². The first-order chi connectivity index (χ1) is 18.0. The Labute approximate surface area is 237 Å². The highest BCUT2D eigenvalue weighted by atomic mass is 79.9. The van der Waals surface area contributed by atoms with Gasteiger partial charge in [0.15, 0.2) is 5.13 Å². The maximum absolute atomic E-state index is 13.2. The molecule has 0 saturated heterocycles. The fourth-order valence-corrected chi connectivity index (χ4v) is 7.90. The number of thiazole rings is 1. The Bertz CT molecular complexity index is 1570. The molecule has 4 aromatic rings. The third-order valence-electron chi connectivity index (χ3n) is 7.00. The largest absolute Gasteiger partial charge is 0.490 e. The number of halogens is 1. The van der Waals surface area contributed by atoms with Gasteiger partial charge in [-0.15, -0.1) is 0 Å². The highest BCUT2D eigenvalue weighted by molar-refractivity contribution is 9.10. The summed E-state index contributed by atoms with van der Waals surface area (Å²) in [4.78, 5) is 5.91. The van der Waals surface area contributed by atoms with Crippen molar-refractivity contribution in [1.29, 1.82) is 0 Å². The lowest BCUT2D eigenvalue weighted by Gasteiger charge is -2.18. The molecule has 1 atom stereocenters. The fraction of sp³-hybridized carbons (Fsp3) is 0.300. The number of sulfonamides is 1. The van der Waals surface area contributed by atoms with E-state index >= 15 is 0 Å². The summed E-state index contributed by atoms with van der Waals surface area (Å²) in [5.41, 5.74) is 5.18. The quantitative estimate of drug-likeness (QED) is 0.227. The molecule has 0 amide bonds. The van der Waals surface area contributed by atoms with Gasteiger partial charge in [0.25, 0.3) is 10.0 Å². The number of hydrogen-bond acceptors (Lipinski definition) is 5. The number of nitrogens with one attached hydrogen (secondary N) is 1. The van der Waals surface area contributed by atoms with E-state index in [2.05, 4.69) is 60.5 Å². The van der Waals surface area contributed by atoms with E-state index in [1.165, 1.54) is 11.3 Å². The molecule has 1 N–H and O–H groups in total. The van der Waals surface area contributed by atoms with E-state index in [0.717, 1.165) is 57.8 Å². The molecule has 0 bridgehead atoms. The van der Waals surface area contributed by atoms with Crippen molar-refractivity contribution in [1.82, 2.24) is 4.98 Å². The first-order valence-corrected chi connectivity index (χ1v) is 15.7. The van der Waals surface area contributed by atoms with Crippen LogP contribution in [0.2, 0.25) is 0 Å². The van der Waals surface area contributed by atoms with Gasteiger partial charge < -0.3 is 4.74 Å². The lowest BCUT2D eigenvalue weighted by Crippen LogP contribution is -2.14. The molecular formula is C30H31BrN2O3S2. The second-order valence-corrected chi connectivity index (χ2v) is 14.3. The van der Waals surface area contributed by atoms with Crippen LogP contribution < -0.4 is 9.46 Å². The monoisotopic (exact) mass is 610 g/mol. The lowest BCUT2D eigenvalue weighted by atomic mass is 9.92. The van der Waals surface area contributed by atoms with Crippen molar-refractivity contribution in [2.75, 3.05) is 4.72 Å². The molecule has 5 rings (SSSR count). The molecule has 5 nitrogen and oxygen atoms in total. The molecule has 198 valence electrons. The average molecular weight is 612 g/mol. The van der Waals surface area contributed by atoms with Crippen LogP contribution in [0.1, 0.15) is 44.2 Å². The van der Waals surface area contributed by atoms with Gasteiger partial charge in [-0.25, -0.2) is 13.4 Å². The first-order valence-electron chi connectivity index (χ1n) is 12.6. The van der Waals surface area contributed by atoms with Crippen molar-refractivity contribution in [3.8, 4) is 27.4 Å². The van der Waals surface area contributed by atoms with Crippen molar-refractivity contribution in [2.45, 2.75) is 58.0 Å². The predicted octanol–water partition coefficient (Wildman–Crippen LogP) is 8.61. The molecule has 1 heterocycles. The first kappa shape index (κ1) is 26.9. The Balaban J connectivity index is 1.55. The molecule has 0 radical (unpaired) electrons. The van der Waals surface area contributed by atoms with Gasteiger partial charge >= 0.3 is 0 Å². The molecule has 3 aromatic carbocycles. The molecule has 1 saturated carbocycles. The number of rotatable bonds is 7. The van der Waals surface area contributed by atoms with E-state index in [9.17, 15) is 8.42 Å². The summed E-state index contributed by atoms with van der Waals surface area (Å²) in [5, 5.41) is 0.321.